The highest BCUT2D eigenvalue weighted by atomic mass is 16.7. The van der Waals surface area contributed by atoms with Crippen molar-refractivity contribution in [2.45, 2.75) is 65.3 Å². The second-order valence-electron chi connectivity index (χ2n) is 9.48. The van der Waals surface area contributed by atoms with E-state index in [2.05, 4.69) is 40.3 Å². The number of rotatable bonds is 4. The first-order valence-electron chi connectivity index (χ1n) is 11.7. The van der Waals surface area contributed by atoms with E-state index in [0.29, 0.717) is 12.5 Å². The summed E-state index contributed by atoms with van der Waals surface area (Å²) in [5.41, 5.74) is 5.57. The quantitative estimate of drug-likeness (QED) is 0.613. The first-order valence-corrected chi connectivity index (χ1v) is 11.7. The van der Waals surface area contributed by atoms with E-state index >= 15 is 0 Å². The van der Waals surface area contributed by atoms with Crippen LogP contribution in [0.3, 0.4) is 0 Å². The lowest BCUT2D eigenvalue weighted by Crippen LogP contribution is -2.36. The fourth-order valence-electron chi connectivity index (χ4n) is 5.31. The third kappa shape index (κ3) is 4.13. The number of fused-ring (bicyclic) bond motifs is 1. The van der Waals surface area contributed by atoms with E-state index < -0.39 is 0 Å². The van der Waals surface area contributed by atoms with Crippen molar-refractivity contribution in [1.82, 2.24) is 24.6 Å². The SMILES string of the molecule is Cc1cncc([C@@H]2CCON2C(=O)C2CCC(Cc3cc(C)c4nc(C)nn4c3)CC2)c1. The van der Waals surface area contributed by atoms with Gasteiger partial charge in [0.25, 0.3) is 0 Å². The molecule has 5 rings (SSSR count). The summed E-state index contributed by atoms with van der Waals surface area (Å²) in [6.07, 6.45) is 11.6. The molecule has 2 fully saturated rings. The molecule has 3 aromatic heterocycles. The first-order chi connectivity index (χ1) is 15.5. The van der Waals surface area contributed by atoms with Crippen molar-refractivity contribution >= 4 is 11.6 Å². The fraction of sp³-hybridized carbons (Fsp3) is 0.520. The molecule has 0 N–H and O–H groups in total. The highest BCUT2D eigenvalue weighted by Gasteiger charge is 2.37. The summed E-state index contributed by atoms with van der Waals surface area (Å²) in [6, 6.07) is 4.33. The number of carbonyl (C=O) groups excluding carboxylic acids is 1. The fourth-order valence-corrected chi connectivity index (χ4v) is 5.31. The summed E-state index contributed by atoms with van der Waals surface area (Å²) in [7, 11) is 0. The average Bonchev–Trinajstić information content (AvgIpc) is 3.40. The Kier molecular flexibility index (Phi) is 5.67. The largest absolute Gasteiger partial charge is 0.272 e. The van der Waals surface area contributed by atoms with Crippen molar-refractivity contribution in [3.63, 3.8) is 0 Å². The molecule has 1 aliphatic carbocycles. The van der Waals surface area contributed by atoms with Crippen LogP contribution < -0.4 is 0 Å². The van der Waals surface area contributed by atoms with E-state index in [9.17, 15) is 4.79 Å². The standard InChI is InChI=1S/C25H31N5O2/c1-16-10-22(14-26-13-16)23-8-9-32-30(23)25(31)21-6-4-19(5-7-21)12-20-11-17(2)24-27-18(3)28-29(24)15-20/h10-11,13-15,19,21,23H,4-9,12H2,1-3H3/t19?,21?,23-/m0/s1. The van der Waals surface area contributed by atoms with E-state index in [1.807, 2.05) is 30.8 Å². The van der Waals surface area contributed by atoms with Crippen LogP contribution in [0.15, 0.2) is 30.7 Å². The van der Waals surface area contributed by atoms with Crippen LogP contribution >= 0.6 is 0 Å². The average molecular weight is 434 g/mol. The molecule has 1 saturated carbocycles. The maximum Gasteiger partial charge on any atom is 0.249 e. The van der Waals surface area contributed by atoms with E-state index in [4.69, 9.17) is 4.84 Å². The predicted molar refractivity (Wildman–Crippen MR) is 121 cm³/mol. The topological polar surface area (TPSA) is 72.6 Å². The van der Waals surface area contributed by atoms with Crippen molar-refractivity contribution in [3.8, 4) is 0 Å². The van der Waals surface area contributed by atoms with Gasteiger partial charge in [-0.25, -0.2) is 14.6 Å². The second kappa shape index (κ2) is 8.62. The summed E-state index contributed by atoms with van der Waals surface area (Å²) in [6.45, 7) is 6.64. The molecule has 1 atom stereocenters. The van der Waals surface area contributed by atoms with Gasteiger partial charge in [0.2, 0.25) is 5.91 Å². The van der Waals surface area contributed by atoms with Gasteiger partial charge < -0.3 is 0 Å². The van der Waals surface area contributed by atoms with Gasteiger partial charge in [-0.2, -0.15) is 5.10 Å². The molecule has 0 spiro atoms. The maximum absolute atomic E-state index is 13.3. The van der Waals surface area contributed by atoms with E-state index in [-0.39, 0.29) is 17.9 Å². The third-order valence-electron chi connectivity index (χ3n) is 6.90. The molecule has 0 unspecified atom stereocenters. The Morgan fingerprint density at radius 1 is 1.09 bits per heavy atom. The van der Waals surface area contributed by atoms with E-state index in [1.54, 1.807) is 5.06 Å². The number of aromatic nitrogens is 4. The number of pyridine rings is 2. The van der Waals surface area contributed by atoms with Gasteiger partial charge in [-0.15, -0.1) is 0 Å². The van der Waals surface area contributed by atoms with Gasteiger partial charge >= 0.3 is 0 Å². The molecule has 1 aliphatic heterocycles. The maximum atomic E-state index is 13.3. The molecule has 32 heavy (non-hydrogen) atoms. The Bertz CT molecular complexity index is 1130. The molecule has 3 aromatic rings. The lowest BCUT2D eigenvalue weighted by molar-refractivity contribution is -0.183. The number of hydrogen-bond donors (Lipinski definition) is 0. The van der Waals surface area contributed by atoms with Gasteiger partial charge in [-0.05, 0) is 81.0 Å². The van der Waals surface area contributed by atoms with Gasteiger partial charge in [-0.1, -0.05) is 12.1 Å². The minimum atomic E-state index is -0.0199. The Morgan fingerprint density at radius 2 is 1.91 bits per heavy atom. The van der Waals surface area contributed by atoms with Crippen molar-refractivity contribution in [1.29, 1.82) is 0 Å². The molecule has 7 nitrogen and oxygen atoms in total. The number of amides is 1. The van der Waals surface area contributed by atoms with Crippen molar-refractivity contribution in [2.24, 2.45) is 11.8 Å². The minimum absolute atomic E-state index is 0.0199. The molecule has 7 heteroatoms. The monoisotopic (exact) mass is 433 g/mol. The summed E-state index contributed by atoms with van der Waals surface area (Å²) in [4.78, 5) is 27.9. The smallest absolute Gasteiger partial charge is 0.249 e. The van der Waals surface area contributed by atoms with Crippen molar-refractivity contribution < 1.29 is 9.63 Å². The van der Waals surface area contributed by atoms with Crippen LogP contribution in [0.5, 0.6) is 0 Å². The predicted octanol–water partition coefficient (Wildman–Crippen LogP) is 4.30. The Morgan fingerprint density at radius 3 is 2.69 bits per heavy atom. The lowest BCUT2D eigenvalue weighted by Gasteiger charge is -2.32. The van der Waals surface area contributed by atoms with Crippen molar-refractivity contribution in [2.75, 3.05) is 6.61 Å². The van der Waals surface area contributed by atoms with Gasteiger partial charge in [0.1, 0.15) is 5.82 Å². The highest BCUT2D eigenvalue weighted by Crippen LogP contribution is 2.37. The molecule has 0 radical (unpaired) electrons. The lowest BCUT2D eigenvalue weighted by atomic mass is 9.79. The van der Waals surface area contributed by atoms with Crippen LogP contribution in [0.2, 0.25) is 0 Å². The van der Waals surface area contributed by atoms with Crippen LogP contribution in [0.4, 0.5) is 0 Å². The molecule has 0 bridgehead atoms. The molecule has 168 valence electrons. The zero-order chi connectivity index (χ0) is 22.2. The second-order valence-corrected chi connectivity index (χ2v) is 9.48. The molecule has 1 amide bonds. The van der Waals surface area contributed by atoms with Crippen molar-refractivity contribution in [3.05, 3.63) is 58.8 Å². The Labute approximate surface area is 188 Å². The molecular formula is C25H31N5O2. The molecular weight excluding hydrogens is 402 g/mol. The normalized spacial score (nSPS) is 23.7. The number of hydroxylamine groups is 2. The van der Waals surface area contributed by atoms with Crippen LogP contribution in [0, 0.1) is 32.6 Å². The van der Waals surface area contributed by atoms with E-state index in [0.717, 1.165) is 66.7 Å². The van der Waals surface area contributed by atoms with Gasteiger partial charge in [-0.3, -0.25) is 14.6 Å². The van der Waals surface area contributed by atoms with Crippen LogP contribution in [0.25, 0.3) is 5.65 Å². The number of aryl methyl sites for hydroxylation is 3. The summed E-state index contributed by atoms with van der Waals surface area (Å²) in [5.74, 6) is 1.58. The zero-order valence-corrected chi connectivity index (χ0v) is 19.1. The molecule has 1 saturated heterocycles. The number of carbonyl (C=O) groups is 1. The Hall–Kier alpha value is -2.80. The van der Waals surface area contributed by atoms with E-state index in [1.165, 1.54) is 5.56 Å². The summed E-state index contributed by atoms with van der Waals surface area (Å²) < 4.78 is 1.90. The molecule has 0 aromatic carbocycles. The van der Waals surface area contributed by atoms with Gasteiger partial charge in [0.05, 0.1) is 12.6 Å². The molecule has 2 aliphatic rings. The van der Waals surface area contributed by atoms with Gasteiger partial charge in [0.15, 0.2) is 5.65 Å². The zero-order valence-electron chi connectivity index (χ0n) is 19.1. The Balaban J connectivity index is 1.21. The highest BCUT2D eigenvalue weighted by molar-refractivity contribution is 5.78. The summed E-state index contributed by atoms with van der Waals surface area (Å²) >= 11 is 0. The third-order valence-corrected chi connectivity index (χ3v) is 6.90. The van der Waals surface area contributed by atoms with Crippen LogP contribution in [0.1, 0.15) is 66.2 Å². The van der Waals surface area contributed by atoms with Crippen LogP contribution in [-0.4, -0.2) is 37.2 Å². The number of hydrogen-bond acceptors (Lipinski definition) is 5. The molecule has 4 heterocycles. The number of nitrogens with zero attached hydrogens (tertiary/aromatic N) is 5. The first kappa shape index (κ1) is 21.1. The summed E-state index contributed by atoms with van der Waals surface area (Å²) in [5, 5.41) is 6.13. The van der Waals surface area contributed by atoms with Gasteiger partial charge in [0, 0.05) is 30.9 Å². The minimum Gasteiger partial charge on any atom is -0.272 e. The van der Waals surface area contributed by atoms with Crippen LogP contribution in [-0.2, 0) is 16.1 Å².